The molecule has 4 rings (SSSR count). The van der Waals surface area contributed by atoms with E-state index in [0.29, 0.717) is 10.1 Å². The molecular weight excluding hydrogens is 485 g/mol. The number of rotatable bonds is 8. The SMILES string of the molecule is [2H]C([2H])([2H])NC(=O)c1cnc(NC(=O)C2CC2)cc1Nc1csc2ccc(C(OC)C(F)(F)F)c(OC)c12. The smallest absolute Gasteiger partial charge is 0.418 e. The summed E-state index contributed by atoms with van der Waals surface area (Å²) in [5, 5.41) is 9.43. The Balaban J connectivity index is 1.79. The fourth-order valence-corrected chi connectivity index (χ4v) is 4.55. The third-order valence-electron chi connectivity index (χ3n) is 5.47. The zero-order valence-corrected chi connectivity index (χ0v) is 19.4. The molecular formula is C23H23F3N4O4S. The van der Waals surface area contributed by atoms with Gasteiger partial charge in [-0.15, -0.1) is 11.3 Å². The minimum atomic E-state index is -4.71. The van der Waals surface area contributed by atoms with Crippen molar-refractivity contribution in [3.8, 4) is 5.75 Å². The standard InChI is InChI=1S/C23H23F3N4O4S/c1-27-22(32)13-9-28-17(30-21(31)11-4-5-11)8-14(13)29-15-10-35-16-7-6-12(19(33-2)18(15)16)20(34-3)23(24,25)26/h6-11,20H,4-5H2,1-3H3,(H,27,32)(H2,28,29,30,31)/i1D3. The van der Waals surface area contributed by atoms with Crippen LogP contribution in [-0.4, -0.2) is 44.2 Å². The van der Waals surface area contributed by atoms with E-state index in [2.05, 4.69) is 15.6 Å². The number of fused-ring (bicyclic) bond motifs is 1. The van der Waals surface area contributed by atoms with E-state index in [-0.39, 0.29) is 45.9 Å². The van der Waals surface area contributed by atoms with E-state index in [9.17, 15) is 22.8 Å². The van der Waals surface area contributed by atoms with Gasteiger partial charge in [-0.2, -0.15) is 13.2 Å². The summed E-state index contributed by atoms with van der Waals surface area (Å²) >= 11 is 1.21. The van der Waals surface area contributed by atoms with Crippen molar-refractivity contribution >= 4 is 50.4 Å². The Morgan fingerprint density at radius 3 is 2.66 bits per heavy atom. The van der Waals surface area contributed by atoms with Crippen LogP contribution in [0, 0.1) is 5.92 Å². The molecule has 1 aliphatic rings. The Bertz CT molecular complexity index is 1380. The summed E-state index contributed by atoms with van der Waals surface area (Å²) in [6.07, 6.45) is -4.35. The summed E-state index contributed by atoms with van der Waals surface area (Å²) in [5.74, 6) is -1.31. The first kappa shape index (κ1) is 20.9. The van der Waals surface area contributed by atoms with Crippen molar-refractivity contribution in [3.05, 3.63) is 40.9 Å². The highest BCUT2D eigenvalue weighted by atomic mass is 32.1. The molecule has 0 aliphatic heterocycles. The largest absolute Gasteiger partial charge is 0.496 e. The molecule has 12 heteroatoms. The van der Waals surface area contributed by atoms with Crippen LogP contribution < -0.4 is 20.7 Å². The van der Waals surface area contributed by atoms with Gasteiger partial charge in [0.2, 0.25) is 5.91 Å². The van der Waals surface area contributed by atoms with Crippen LogP contribution in [0.3, 0.4) is 0 Å². The van der Waals surface area contributed by atoms with Gasteiger partial charge in [-0.3, -0.25) is 9.59 Å². The third-order valence-corrected chi connectivity index (χ3v) is 6.42. The molecule has 1 fully saturated rings. The fourth-order valence-electron chi connectivity index (χ4n) is 3.66. The molecule has 1 aliphatic carbocycles. The van der Waals surface area contributed by atoms with Crippen molar-refractivity contribution in [3.63, 3.8) is 0 Å². The fraction of sp³-hybridized carbons (Fsp3) is 0.348. The molecule has 3 aromatic rings. The van der Waals surface area contributed by atoms with E-state index in [4.69, 9.17) is 13.6 Å². The van der Waals surface area contributed by atoms with Gasteiger partial charge in [0.05, 0.1) is 29.4 Å². The molecule has 3 N–H and O–H groups in total. The molecule has 186 valence electrons. The first-order valence-electron chi connectivity index (χ1n) is 11.9. The van der Waals surface area contributed by atoms with Crippen molar-refractivity contribution in [2.75, 3.05) is 31.8 Å². The molecule has 0 radical (unpaired) electrons. The number of nitrogens with zero attached hydrogens (tertiary/aromatic N) is 1. The first-order valence-corrected chi connectivity index (χ1v) is 11.3. The van der Waals surface area contributed by atoms with Crippen molar-refractivity contribution in [2.24, 2.45) is 5.92 Å². The van der Waals surface area contributed by atoms with Gasteiger partial charge in [0.25, 0.3) is 5.91 Å². The van der Waals surface area contributed by atoms with Gasteiger partial charge in [-0.05, 0) is 18.9 Å². The Hall–Kier alpha value is -3.38. The van der Waals surface area contributed by atoms with Crippen molar-refractivity contribution in [1.29, 1.82) is 0 Å². The number of thiophene rings is 1. The Morgan fingerprint density at radius 1 is 1.26 bits per heavy atom. The summed E-state index contributed by atoms with van der Waals surface area (Å²) in [7, 11) is 2.18. The number of aromatic nitrogens is 1. The molecule has 0 spiro atoms. The highest BCUT2D eigenvalue weighted by Crippen LogP contribution is 2.47. The van der Waals surface area contributed by atoms with Gasteiger partial charge in [-0.25, -0.2) is 4.98 Å². The lowest BCUT2D eigenvalue weighted by molar-refractivity contribution is -0.216. The number of hydrogen-bond donors (Lipinski definition) is 3. The molecule has 8 nitrogen and oxygen atoms in total. The monoisotopic (exact) mass is 511 g/mol. The van der Waals surface area contributed by atoms with Gasteiger partial charge < -0.3 is 25.4 Å². The van der Waals surface area contributed by atoms with Crippen LogP contribution in [0.1, 0.15) is 39.0 Å². The number of anilines is 3. The van der Waals surface area contributed by atoms with Gasteiger partial charge in [0.15, 0.2) is 6.10 Å². The highest BCUT2D eigenvalue weighted by molar-refractivity contribution is 7.17. The summed E-state index contributed by atoms with van der Waals surface area (Å²) in [6.45, 7) is -2.78. The highest BCUT2D eigenvalue weighted by Gasteiger charge is 2.43. The van der Waals surface area contributed by atoms with Crippen LogP contribution in [-0.2, 0) is 9.53 Å². The first-order chi connectivity index (χ1) is 17.8. The number of pyridine rings is 1. The maximum absolute atomic E-state index is 13.7. The third kappa shape index (κ3) is 5.03. The lowest BCUT2D eigenvalue weighted by atomic mass is 10.0. The van der Waals surface area contributed by atoms with Crippen LogP contribution in [0.15, 0.2) is 29.8 Å². The molecule has 1 unspecified atom stereocenters. The number of carbonyl (C=O) groups is 2. The number of amides is 2. The number of hydrogen-bond acceptors (Lipinski definition) is 7. The Kier molecular flexibility index (Phi) is 5.81. The number of benzene rings is 1. The van der Waals surface area contributed by atoms with Crippen LogP contribution >= 0.6 is 11.3 Å². The van der Waals surface area contributed by atoms with Crippen LogP contribution in [0.2, 0.25) is 0 Å². The maximum Gasteiger partial charge on any atom is 0.418 e. The van der Waals surface area contributed by atoms with Crippen LogP contribution in [0.4, 0.5) is 30.4 Å². The second-order valence-electron chi connectivity index (χ2n) is 7.83. The second-order valence-corrected chi connectivity index (χ2v) is 8.74. The van der Waals surface area contributed by atoms with Crippen molar-refractivity contribution in [2.45, 2.75) is 25.1 Å². The maximum atomic E-state index is 13.7. The number of alkyl halides is 3. The summed E-state index contributed by atoms with van der Waals surface area (Å²) < 4.78 is 73.7. The van der Waals surface area contributed by atoms with E-state index in [0.717, 1.165) is 26.1 Å². The van der Waals surface area contributed by atoms with E-state index >= 15 is 0 Å². The quantitative estimate of drug-likeness (QED) is 0.393. The lowest BCUT2D eigenvalue weighted by Gasteiger charge is -2.22. The summed E-state index contributed by atoms with van der Waals surface area (Å²) in [4.78, 5) is 29.0. The minimum Gasteiger partial charge on any atom is -0.496 e. The molecule has 35 heavy (non-hydrogen) atoms. The molecule has 2 heterocycles. The average molecular weight is 512 g/mol. The minimum absolute atomic E-state index is 0.0686. The summed E-state index contributed by atoms with van der Waals surface area (Å²) in [5.41, 5.74) is -0.0533. The number of methoxy groups -OCH3 is 2. The van der Waals surface area contributed by atoms with Gasteiger partial charge in [-0.1, -0.05) is 6.07 Å². The average Bonchev–Trinajstić information content (AvgIpc) is 3.59. The number of carbonyl (C=O) groups excluding carboxylic acids is 2. The van der Waals surface area contributed by atoms with Crippen LogP contribution in [0.25, 0.3) is 10.1 Å². The van der Waals surface area contributed by atoms with E-state index < -0.39 is 25.2 Å². The number of ether oxygens (including phenoxy) is 2. The molecule has 0 bridgehead atoms. The van der Waals surface area contributed by atoms with Gasteiger partial charge >= 0.3 is 6.18 Å². The predicted octanol–water partition coefficient (Wildman–Crippen LogP) is 5.01. The Morgan fingerprint density at radius 2 is 2.03 bits per heavy atom. The predicted molar refractivity (Wildman–Crippen MR) is 126 cm³/mol. The molecule has 2 aromatic heterocycles. The number of nitrogens with one attached hydrogen (secondary N) is 3. The Labute approximate surface area is 207 Å². The van der Waals surface area contributed by atoms with Gasteiger partial charge in [0, 0.05) is 52.0 Å². The lowest BCUT2D eigenvalue weighted by Crippen LogP contribution is -2.23. The van der Waals surface area contributed by atoms with E-state index in [1.165, 1.54) is 36.6 Å². The van der Waals surface area contributed by atoms with E-state index in [1.807, 2.05) is 5.32 Å². The topological polar surface area (TPSA) is 102 Å². The van der Waals surface area contributed by atoms with Crippen molar-refractivity contribution in [1.82, 2.24) is 10.3 Å². The molecule has 2 amide bonds. The zero-order chi connectivity index (χ0) is 27.8. The molecule has 1 atom stereocenters. The zero-order valence-electron chi connectivity index (χ0n) is 21.6. The molecule has 0 saturated heterocycles. The summed E-state index contributed by atoms with van der Waals surface area (Å²) in [6, 6.07) is 4.12. The van der Waals surface area contributed by atoms with Gasteiger partial charge in [0.1, 0.15) is 11.6 Å². The van der Waals surface area contributed by atoms with Crippen LogP contribution in [0.5, 0.6) is 5.75 Å². The molecule has 1 saturated carbocycles. The number of halogens is 3. The normalized spacial score (nSPS) is 16.1. The van der Waals surface area contributed by atoms with Crippen molar-refractivity contribution < 1.29 is 36.3 Å². The second kappa shape index (κ2) is 9.70. The molecule has 1 aromatic carbocycles. The van der Waals surface area contributed by atoms with E-state index in [1.54, 1.807) is 5.38 Å².